The van der Waals surface area contributed by atoms with Crippen LogP contribution in [-0.2, 0) is 0 Å². The molecule has 0 atom stereocenters. The number of methoxy groups -OCH3 is 1. The van der Waals surface area contributed by atoms with Gasteiger partial charge in [0.15, 0.2) is 0 Å². The van der Waals surface area contributed by atoms with Gasteiger partial charge >= 0.3 is 0 Å². The molecule has 0 unspecified atom stereocenters. The zero-order valence-electron chi connectivity index (χ0n) is 9.37. The number of carbonyl (C=O) groups excluding carboxylic acids is 1. The summed E-state index contributed by atoms with van der Waals surface area (Å²) in [6, 6.07) is 7.46. The third-order valence-corrected chi connectivity index (χ3v) is 5.47. The lowest BCUT2D eigenvalue weighted by atomic mass is 10.3. The molecule has 0 spiro atoms. The first-order chi connectivity index (χ1) is 8.61. The summed E-state index contributed by atoms with van der Waals surface area (Å²) in [5.74, 6) is 0.442. The summed E-state index contributed by atoms with van der Waals surface area (Å²) >= 11 is 7.01. The summed E-state index contributed by atoms with van der Waals surface area (Å²) in [4.78, 5) is 12.6. The molecule has 1 N–H and O–H groups in total. The number of rotatable bonds is 3. The van der Waals surface area contributed by atoms with Crippen LogP contribution in [-0.4, -0.2) is 13.0 Å². The van der Waals surface area contributed by atoms with Crippen molar-refractivity contribution in [2.24, 2.45) is 0 Å². The molecule has 2 rings (SSSR count). The SMILES string of the molecule is COc1ccsc1C(=O)Nc1ccc(I)c(Br)c1. The standard InChI is InChI=1S/C12H9BrINO2S/c1-17-10-4-5-18-11(10)12(16)15-7-2-3-9(14)8(13)6-7/h2-6H,1H3,(H,15,16). The molecule has 1 heterocycles. The highest BCUT2D eigenvalue weighted by atomic mass is 127. The van der Waals surface area contributed by atoms with Crippen molar-refractivity contribution in [3.63, 3.8) is 0 Å². The number of amides is 1. The number of hydrogen-bond acceptors (Lipinski definition) is 3. The number of benzene rings is 1. The minimum Gasteiger partial charge on any atom is -0.495 e. The van der Waals surface area contributed by atoms with E-state index in [0.29, 0.717) is 10.6 Å². The Morgan fingerprint density at radius 1 is 1.44 bits per heavy atom. The molecule has 0 saturated carbocycles. The molecule has 1 amide bonds. The topological polar surface area (TPSA) is 38.3 Å². The highest BCUT2D eigenvalue weighted by Crippen LogP contribution is 2.27. The molecule has 6 heteroatoms. The lowest BCUT2D eigenvalue weighted by molar-refractivity contribution is 0.102. The van der Waals surface area contributed by atoms with Crippen LogP contribution in [0.1, 0.15) is 9.67 Å². The van der Waals surface area contributed by atoms with Crippen LogP contribution >= 0.6 is 49.9 Å². The zero-order chi connectivity index (χ0) is 13.1. The Morgan fingerprint density at radius 2 is 2.22 bits per heavy atom. The third kappa shape index (κ3) is 3.04. The number of hydrogen-bond donors (Lipinski definition) is 1. The van der Waals surface area contributed by atoms with Crippen LogP contribution in [0.3, 0.4) is 0 Å². The Bertz CT molecular complexity index is 585. The molecule has 1 aromatic heterocycles. The molecule has 18 heavy (non-hydrogen) atoms. The zero-order valence-corrected chi connectivity index (χ0v) is 13.9. The van der Waals surface area contributed by atoms with Gasteiger partial charge < -0.3 is 10.1 Å². The average Bonchev–Trinajstić information content (AvgIpc) is 2.82. The summed E-state index contributed by atoms with van der Waals surface area (Å²) in [5.41, 5.74) is 0.753. The summed E-state index contributed by atoms with van der Waals surface area (Å²) in [5, 5.41) is 4.68. The van der Waals surface area contributed by atoms with Crippen LogP contribution in [0.5, 0.6) is 5.75 Å². The van der Waals surface area contributed by atoms with Gasteiger partial charge in [-0.1, -0.05) is 0 Å². The maximum Gasteiger partial charge on any atom is 0.269 e. The van der Waals surface area contributed by atoms with Crippen molar-refractivity contribution in [2.45, 2.75) is 0 Å². The quantitative estimate of drug-likeness (QED) is 0.723. The molecular formula is C12H9BrINO2S. The van der Waals surface area contributed by atoms with Gasteiger partial charge in [0.25, 0.3) is 5.91 Å². The highest BCUT2D eigenvalue weighted by molar-refractivity contribution is 14.1. The normalized spacial score (nSPS) is 10.2. The average molecular weight is 438 g/mol. The van der Waals surface area contributed by atoms with Gasteiger partial charge in [-0.2, -0.15) is 0 Å². The van der Waals surface area contributed by atoms with E-state index in [1.54, 1.807) is 13.2 Å². The van der Waals surface area contributed by atoms with Gasteiger partial charge in [-0.25, -0.2) is 0 Å². The van der Waals surface area contributed by atoms with Crippen LogP contribution in [0.15, 0.2) is 34.1 Å². The lowest BCUT2D eigenvalue weighted by Gasteiger charge is -2.06. The largest absolute Gasteiger partial charge is 0.495 e. The number of nitrogens with one attached hydrogen (secondary N) is 1. The van der Waals surface area contributed by atoms with Gasteiger partial charge in [0, 0.05) is 13.7 Å². The smallest absolute Gasteiger partial charge is 0.269 e. The Kier molecular flexibility index (Phi) is 4.63. The van der Waals surface area contributed by atoms with E-state index in [1.807, 2.05) is 23.6 Å². The molecule has 2 aromatic rings. The molecule has 3 nitrogen and oxygen atoms in total. The fourth-order valence-electron chi connectivity index (χ4n) is 1.39. The van der Waals surface area contributed by atoms with Gasteiger partial charge in [0.2, 0.25) is 0 Å². The van der Waals surface area contributed by atoms with E-state index in [-0.39, 0.29) is 5.91 Å². The Morgan fingerprint density at radius 3 is 2.89 bits per heavy atom. The van der Waals surface area contributed by atoms with Gasteiger partial charge in [0.1, 0.15) is 10.6 Å². The first kappa shape index (κ1) is 13.8. The molecule has 0 saturated heterocycles. The predicted octanol–water partition coefficient (Wildman–Crippen LogP) is 4.38. The van der Waals surface area contributed by atoms with Crippen LogP contribution < -0.4 is 10.1 Å². The lowest BCUT2D eigenvalue weighted by Crippen LogP contribution is -2.11. The minimum absolute atomic E-state index is 0.157. The maximum atomic E-state index is 12.1. The van der Waals surface area contributed by atoms with Crippen molar-refractivity contribution in [3.05, 3.63) is 42.6 Å². The molecule has 0 bridgehead atoms. The van der Waals surface area contributed by atoms with E-state index >= 15 is 0 Å². The van der Waals surface area contributed by atoms with E-state index in [0.717, 1.165) is 13.7 Å². The first-order valence-electron chi connectivity index (χ1n) is 4.99. The summed E-state index contributed by atoms with van der Waals surface area (Å²) < 4.78 is 7.18. The van der Waals surface area contributed by atoms with E-state index in [1.165, 1.54) is 11.3 Å². The highest BCUT2D eigenvalue weighted by Gasteiger charge is 2.14. The summed E-state index contributed by atoms with van der Waals surface area (Å²) in [6.07, 6.45) is 0. The van der Waals surface area contributed by atoms with Crippen molar-refractivity contribution in [1.82, 2.24) is 0 Å². The second kappa shape index (κ2) is 6.03. The molecular weight excluding hydrogens is 429 g/mol. The Labute approximate surface area is 131 Å². The predicted molar refractivity (Wildman–Crippen MR) is 85.7 cm³/mol. The second-order valence-electron chi connectivity index (χ2n) is 3.40. The third-order valence-electron chi connectivity index (χ3n) is 2.23. The van der Waals surface area contributed by atoms with Crippen LogP contribution in [0.4, 0.5) is 5.69 Å². The fourth-order valence-corrected chi connectivity index (χ4v) is 2.85. The molecule has 0 aliphatic heterocycles. The van der Waals surface area contributed by atoms with Crippen molar-refractivity contribution >= 4 is 61.5 Å². The molecule has 94 valence electrons. The van der Waals surface area contributed by atoms with Crippen molar-refractivity contribution in [1.29, 1.82) is 0 Å². The van der Waals surface area contributed by atoms with Gasteiger partial charge in [-0.3, -0.25) is 4.79 Å². The van der Waals surface area contributed by atoms with Gasteiger partial charge in [-0.15, -0.1) is 11.3 Å². The molecule has 0 fully saturated rings. The molecule has 1 aromatic carbocycles. The second-order valence-corrected chi connectivity index (χ2v) is 6.33. The van der Waals surface area contributed by atoms with Crippen LogP contribution in [0, 0.1) is 3.57 Å². The number of carbonyl (C=O) groups is 1. The number of halogens is 2. The maximum absolute atomic E-state index is 12.1. The Balaban J connectivity index is 2.19. The summed E-state index contributed by atoms with van der Waals surface area (Å²) in [6.45, 7) is 0. The molecule has 0 aliphatic rings. The Hall–Kier alpha value is -0.600. The van der Waals surface area contributed by atoms with Crippen molar-refractivity contribution in [3.8, 4) is 5.75 Å². The molecule has 0 aliphatic carbocycles. The fraction of sp³-hybridized carbons (Fsp3) is 0.0833. The van der Waals surface area contributed by atoms with Crippen LogP contribution in [0.2, 0.25) is 0 Å². The van der Waals surface area contributed by atoms with Gasteiger partial charge in [0.05, 0.1) is 7.11 Å². The number of ether oxygens (including phenoxy) is 1. The van der Waals surface area contributed by atoms with Crippen molar-refractivity contribution in [2.75, 3.05) is 12.4 Å². The van der Waals surface area contributed by atoms with E-state index in [4.69, 9.17) is 4.74 Å². The summed E-state index contributed by atoms with van der Waals surface area (Å²) in [7, 11) is 1.56. The number of thiophene rings is 1. The van der Waals surface area contributed by atoms with E-state index in [2.05, 4.69) is 43.8 Å². The monoisotopic (exact) mass is 437 g/mol. The van der Waals surface area contributed by atoms with Gasteiger partial charge in [-0.05, 0) is 68.2 Å². The van der Waals surface area contributed by atoms with Crippen LogP contribution in [0.25, 0.3) is 0 Å². The van der Waals surface area contributed by atoms with E-state index in [9.17, 15) is 4.79 Å². The van der Waals surface area contributed by atoms with E-state index < -0.39 is 0 Å². The minimum atomic E-state index is -0.157. The first-order valence-corrected chi connectivity index (χ1v) is 7.75. The molecule has 0 radical (unpaired) electrons. The van der Waals surface area contributed by atoms with Crippen molar-refractivity contribution < 1.29 is 9.53 Å². The number of anilines is 1.